The molecule has 4 nitrogen and oxygen atoms in total. The van der Waals surface area contributed by atoms with Gasteiger partial charge in [0.2, 0.25) is 0 Å². The van der Waals surface area contributed by atoms with Gasteiger partial charge in [0.15, 0.2) is 0 Å². The van der Waals surface area contributed by atoms with Crippen molar-refractivity contribution in [3.63, 3.8) is 0 Å². The van der Waals surface area contributed by atoms with Crippen molar-refractivity contribution in [1.29, 1.82) is 0 Å². The van der Waals surface area contributed by atoms with Crippen molar-refractivity contribution in [2.75, 3.05) is 26.2 Å². The number of nitrogens with two attached hydrogens (primary N) is 1. The van der Waals surface area contributed by atoms with Gasteiger partial charge in [-0.2, -0.15) is 0 Å². The Morgan fingerprint density at radius 3 is 2.70 bits per heavy atom. The fourth-order valence-corrected chi connectivity index (χ4v) is 4.16. The summed E-state index contributed by atoms with van der Waals surface area (Å²) >= 11 is 1.76. The summed E-state index contributed by atoms with van der Waals surface area (Å²) in [4.78, 5) is 9.90. The van der Waals surface area contributed by atoms with Gasteiger partial charge < -0.3 is 5.73 Å². The molecule has 20 heavy (non-hydrogen) atoms. The summed E-state index contributed by atoms with van der Waals surface area (Å²) in [7, 11) is 0. The quantitative estimate of drug-likeness (QED) is 0.926. The molecule has 0 aliphatic carbocycles. The summed E-state index contributed by atoms with van der Waals surface area (Å²) in [5.41, 5.74) is 7.25. The zero-order valence-corrected chi connectivity index (χ0v) is 13.4. The van der Waals surface area contributed by atoms with E-state index in [4.69, 9.17) is 5.73 Å². The third-order valence-electron chi connectivity index (χ3n) is 4.90. The number of nitrogens with zero attached hydrogens (tertiary/aromatic N) is 3. The molecular formula is C15H26N4S. The molecule has 0 amide bonds. The number of piperidine rings is 1. The van der Waals surface area contributed by atoms with Crippen LogP contribution in [0.25, 0.3) is 0 Å². The number of hydrogen-bond acceptors (Lipinski definition) is 5. The van der Waals surface area contributed by atoms with Crippen molar-refractivity contribution < 1.29 is 0 Å². The maximum Gasteiger partial charge on any atom is 0.0898 e. The van der Waals surface area contributed by atoms with Gasteiger partial charge in [0.25, 0.3) is 0 Å². The summed E-state index contributed by atoms with van der Waals surface area (Å²) in [5.74, 6) is 0. The first kappa shape index (κ1) is 14.4. The lowest BCUT2D eigenvalue weighted by molar-refractivity contribution is 0.145. The van der Waals surface area contributed by atoms with Crippen LogP contribution in [-0.2, 0) is 0 Å². The van der Waals surface area contributed by atoms with E-state index in [1.807, 2.05) is 0 Å². The van der Waals surface area contributed by atoms with Crippen molar-refractivity contribution >= 4 is 11.3 Å². The molecule has 112 valence electrons. The fraction of sp³-hybridized carbons (Fsp3) is 0.800. The molecule has 2 atom stereocenters. The summed E-state index contributed by atoms with van der Waals surface area (Å²) in [5, 5.41) is 3.39. The highest BCUT2D eigenvalue weighted by molar-refractivity contribution is 7.09. The Hall–Kier alpha value is -0.490. The summed E-state index contributed by atoms with van der Waals surface area (Å²) in [6, 6.07) is 1.61. The van der Waals surface area contributed by atoms with Crippen LogP contribution in [0.2, 0.25) is 0 Å². The maximum absolute atomic E-state index is 6.01. The zero-order chi connectivity index (χ0) is 14.1. The van der Waals surface area contributed by atoms with Crippen molar-refractivity contribution in [3.05, 3.63) is 16.1 Å². The number of likely N-dealkylation sites (tertiary alicyclic amines) is 2. The van der Waals surface area contributed by atoms with Gasteiger partial charge in [0.1, 0.15) is 0 Å². The first-order chi connectivity index (χ1) is 9.63. The molecule has 0 radical (unpaired) electrons. The normalized spacial score (nSPS) is 28.1. The van der Waals surface area contributed by atoms with Crippen LogP contribution in [0.5, 0.6) is 0 Å². The largest absolute Gasteiger partial charge is 0.328 e. The fourth-order valence-electron chi connectivity index (χ4n) is 3.46. The first-order valence-corrected chi connectivity index (χ1v) is 8.67. The minimum Gasteiger partial charge on any atom is -0.328 e. The molecule has 2 N–H and O–H groups in total. The van der Waals surface area contributed by atoms with Crippen LogP contribution < -0.4 is 5.73 Å². The third kappa shape index (κ3) is 3.06. The van der Waals surface area contributed by atoms with Gasteiger partial charge >= 0.3 is 0 Å². The highest BCUT2D eigenvalue weighted by Crippen LogP contribution is 2.28. The van der Waals surface area contributed by atoms with E-state index >= 15 is 0 Å². The molecule has 2 unspecified atom stereocenters. The lowest BCUT2D eigenvalue weighted by atomic mass is 10.0. The van der Waals surface area contributed by atoms with E-state index in [0.717, 1.165) is 18.9 Å². The van der Waals surface area contributed by atoms with Crippen LogP contribution >= 0.6 is 11.3 Å². The lowest BCUT2D eigenvalue weighted by Crippen LogP contribution is -2.46. The Kier molecular flexibility index (Phi) is 4.40. The van der Waals surface area contributed by atoms with Crippen LogP contribution in [0.3, 0.4) is 0 Å². The molecule has 2 aliphatic heterocycles. The molecule has 1 aromatic heterocycles. The predicted molar refractivity (Wildman–Crippen MR) is 84.0 cm³/mol. The zero-order valence-electron chi connectivity index (χ0n) is 12.6. The Balaban J connectivity index is 1.56. The molecule has 0 spiro atoms. The highest BCUT2D eigenvalue weighted by Gasteiger charge is 2.32. The van der Waals surface area contributed by atoms with Crippen molar-refractivity contribution in [3.8, 4) is 0 Å². The van der Waals surface area contributed by atoms with Crippen molar-refractivity contribution in [2.45, 2.75) is 51.2 Å². The molecule has 2 fully saturated rings. The number of aromatic nitrogens is 1. The van der Waals surface area contributed by atoms with E-state index in [-0.39, 0.29) is 0 Å². The summed E-state index contributed by atoms with van der Waals surface area (Å²) < 4.78 is 0. The SMILES string of the molecule is Cc1nc(C(C)N2CCC(N3CCC(N)CC3)C2)cs1. The molecule has 5 heteroatoms. The van der Waals surface area contributed by atoms with Crippen molar-refractivity contribution in [1.82, 2.24) is 14.8 Å². The third-order valence-corrected chi connectivity index (χ3v) is 5.69. The highest BCUT2D eigenvalue weighted by atomic mass is 32.1. The standard InChI is InChI=1S/C15H26N4S/c1-11(15-10-20-12(2)17-15)19-8-5-14(9-19)18-6-3-13(16)4-7-18/h10-11,13-14H,3-9,16H2,1-2H3. The number of rotatable bonds is 3. The molecule has 2 aliphatic rings. The summed E-state index contributed by atoms with van der Waals surface area (Å²) in [6.45, 7) is 9.14. The Labute approximate surface area is 126 Å². The van der Waals surface area contributed by atoms with Gasteiger partial charge in [-0.05, 0) is 46.2 Å². The predicted octanol–water partition coefficient (Wildman–Crippen LogP) is 2.01. The van der Waals surface area contributed by atoms with Crippen LogP contribution in [-0.4, -0.2) is 53.0 Å². The monoisotopic (exact) mass is 294 g/mol. The van der Waals surface area contributed by atoms with Crippen LogP contribution in [0.15, 0.2) is 5.38 Å². The Morgan fingerprint density at radius 2 is 2.05 bits per heavy atom. The average molecular weight is 294 g/mol. The Bertz CT molecular complexity index is 439. The molecule has 0 saturated carbocycles. The topological polar surface area (TPSA) is 45.4 Å². The molecule has 0 aromatic carbocycles. The summed E-state index contributed by atoms with van der Waals surface area (Å²) in [6.07, 6.45) is 3.62. The van der Waals surface area contributed by atoms with E-state index in [1.165, 1.54) is 43.3 Å². The Morgan fingerprint density at radius 1 is 1.30 bits per heavy atom. The lowest BCUT2D eigenvalue weighted by Gasteiger charge is -2.35. The van der Waals surface area contributed by atoms with Crippen molar-refractivity contribution in [2.24, 2.45) is 5.73 Å². The van der Waals surface area contributed by atoms with Gasteiger partial charge in [-0.15, -0.1) is 11.3 Å². The van der Waals surface area contributed by atoms with Gasteiger partial charge in [-0.25, -0.2) is 4.98 Å². The first-order valence-electron chi connectivity index (χ1n) is 7.79. The van der Waals surface area contributed by atoms with Gasteiger partial charge in [-0.1, -0.05) is 0 Å². The minimum absolute atomic E-state index is 0.431. The minimum atomic E-state index is 0.431. The van der Waals surface area contributed by atoms with E-state index in [2.05, 4.69) is 34.0 Å². The van der Waals surface area contributed by atoms with Gasteiger partial charge in [0, 0.05) is 30.6 Å². The molecular weight excluding hydrogens is 268 g/mol. The molecule has 2 saturated heterocycles. The smallest absolute Gasteiger partial charge is 0.0898 e. The van der Waals surface area contributed by atoms with E-state index < -0.39 is 0 Å². The molecule has 0 bridgehead atoms. The van der Waals surface area contributed by atoms with Crippen LogP contribution in [0, 0.1) is 6.92 Å². The number of aryl methyl sites for hydroxylation is 1. The van der Waals surface area contributed by atoms with Crippen LogP contribution in [0.1, 0.15) is 42.9 Å². The second-order valence-electron chi connectivity index (χ2n) is 6.28. The second-order valence-corrected chi connectivity index (χ2v) is 7.34. The van der Waals surface area contributed by atoms with E-state index in [0.29, 0.717) is 12.1 Å². The van der Waals surface area contributed by atoms with Gasteiger partial charge in [-0.3, -0.25) is 9.80 Å². The molecule has 3 heterocycles. The second kappa shape index (κ2) is 6.10. The maximum atomic E-state index is 6.01. The average Bonchev–Trinajstić information content (AvgIpc) is 3.08. The molecule has 1 aromatic rings. The van der Waals surface area contributed by atoms with Crippen LogP contribution in [0.4, 0.5) is 0 Å². The number of thiazole rings is 1. The van der Waals surface area contributed by atoms with Gasteiger partial charge in [0.05, 0.1) is 16.7 Å². The van der Waals surface area contributed by atoms with E-state index in [1.54, 1.807) is 11.3 Å². The van der Waals surface area contributed by atoms with E-state index in [9.17, 15) is 0 Å². The number of hydrogen-bond donors (Lipinski definition) is 1. The molecule has 3 rings (SSSR count).